The average molecular weight is 254 g/mol. The van der Waals surface area contributed by atoms with Gasteiger partial charge in [-0.15, -0.1) is 0 Å². The summed E-state index contributed by atoms with van der Waals surface area (Å²) in [5, 5.41) is 6.34. The fourth-order valence-corrected chi connectivity index (χ4v) is 2.95. The van der Waals surface area contributed by atoms with Crippen molar-refractivity contribution < 1.29 is 9.53 Å². The fourth-order valence-electron chi connectivity index (χ4n) is 2.95. The molecule has 0 aromatic rings. The molecule has 0 atom stereocenters. The van der Waals surface area contributed by atoms with Crippen LogP contribution in [-0.4, -0.2) is 38.3 Å². The standard InChI is InChI=1S/C14H26N2O2/c1-14(6-2-3-7-14)13(17)16-10-11-18-12-4-8-15-9-5-12/h12,15H,2-11H2,1H3,(H,16,17). The summed E-state index contributed by atoms with van der Waals surface area (Å²) in [6.45, 7) is 5.48. The van der Waals surface area contributed by atoms with Gasteiger partial charge in [-0.25, -0.2) is 0 Å². The van der Waals surface area contributed by atoms with Crippen molar-refractivity contribution in [3.63, 3.8) is 0 Å². The first-order valence-electron chi connectivity index (χ1n) is 7.31. The molecule has 0 radical (unpaired) electrons. The lowest BCUT2D eigenvalue weighted by Gasteiger charge is -2.24. The maximum absolute atomic E-state index is 12.0. The molecule has 1 amide bonds. The predicted octanol–water partition coefficient (Wildman–Crippen LogP) is 1.45. The lowest BCUT2D eigenvalue weighted by atomic mass is 9.88. The summed E-state index contributed by atoms with van der Waals surface area (Å²) < 4.78 is 5.77. The van der Waals surface area contributed by atoms with Crippen LogP contribution in [0.2, 0.25) is 0 Å². The number of ether oxygens (including phenoxy) is 1. The van der Waals surface area contributed by atoms with E-state index in [1.165, 1.54) is 12.8 Å². The Hall–Kier alpha value is -0.610. The zero-order valence-corrected chi connectivity index (χ0v) is 11.5. The number of amides is 1. The van der Waals surface area contributed by atoms with Crippen LogP contribution in [0.4, 0.5) is 0 Å². The number of carbonyl (C=O) groups is 1. The number of hydrogen-bond acceptors (Lipinski definition) is 3. The Labute approximate surface area is 110 Å². The molecule has 2 rings (SSSR count). The largest absolute Gasteiger partial charge is 0.376 e. The summed E-state index contributed by atoms with van der Waals surface area (Å²) in [5.41, 5.74) is -0.116. The third kappa shape index (κ3) is 3.69. The molecule has 104 valence electrons. The summed E-state index contributed by atoms with van der Waals surface area (Å²) in [4.78, 5) is 12.0. The Bertz CT molecular complexity index is 269. The van der Waals surface area contributed by atoms with Crippen LogP contribution in [0.5, 0.6) is 0 Å². The Morgan fingerprint density at radius 3 is 2.67 bits per heavy atom. The molecule has 1 aliphatic carbocycles. The quantitative estimate of drug-likeness (QED) is 0.730. The van der Waals surface area contributed by atoms with Crippen LogP contribution >= 0.6 is 0 Å². The fraction of sp³-hybridized carbons (Fsp3) is 0.929. The Morgan fingerprint density at radius 1 is 1.33 bits per heavy atom. The number of hydrogen-bond donors (Lipinski definition) is 2. The molecule has 18 heavy (non-hydrogen) atoms. The van der Waals surface area contributed by atoms with Crippen LogP contribution in [0.1, 0.15) is 45.4 Å². The molecule has 2 aliphatic rings. The van der Waals surface area contributed by atoms with Gasteiger partial charge in [-0.05, 0) is 38.8 Å². The van der Waals surface area contributed by atoms with Gasteiger partial charge in [0.25, 0.3) is 0 Å². The second kappa shape index (κ2) is 6.53. The van der Waals surface area contributed by atoms with E-state index >= 15 is 0 Å². The SMILES string of the molecule is CC1(C(=O)NCCOC2CCNCC2)CCCC1. The first-order valence-corrected chi connectivity index (χ1v) is 7.31. The van der Waals surface area contributed by atoms with E-state index < -0.39 is 0 Å². The van der Waals surface area contributed by atoms with Gasteiger partial charge in [0, 0.05) is 12.0 Å². The van der Waals surface area contributed by atoms with Crippen LogP contribution in [0.25, 0.3) is 0 Å². The summed E-state index contributed by atoms with van der Waals surface area (Å²) in [6.07, 6.45) is 7.01. The Morgan fingerprint density at radius 2 is 2.00 bits per heavy atom. The molecule has 4 heteroatoms. The highest BCUT2D eigenvalue weighted by Crippen LogP contribution is 2.37. The van der Waals surface area contributed by atoms with Crippen LogP contribution in [0.3, 0.4) is 0 Å². The van der Waals surface area contributed by atoms with Crippen molar-refractivity contribution in [3.8, 4) is 0 Å². The molecule has 0 bridgehead atoms. The lowest BCUT2D eigenvalue weighted by molar-refractivity contribution is -0.130. The van der Waals surface area contributed by atoms with Crippen molar-refractivity contribution >= 4 is 5.91 Å². The maximum Gasteiger partial charge on any atom is 0.226 e. The van der Waals surface area contributed by atoms with Crippen molar-refractivity contribution in [1.29, 1.82) is 0 Å². The molecule has 0 unspecified atom stereocenters. The van der Waals surface area contributed by atoms with Gasteiger partial charge in [-0.1, -0.05) is 19.8 Å². The first-order chi connectivity index (χ1) is 8.71. The third-order valence-electron chi connectivity index (χ3n) is 4.28. The minimum Gasteiger partial charge on any atom is -0.376 e. The van der Waals surface area contributed by atoms with Crippen LogP contribution in [-0.2, 0) is 9.53 Å². The van der Waals surface area contributed by atoms with Gasteiger partial charge in [0.2, 0.25) is 5.91 Å². The van der Waals surface area contributed by atoms with Crippen molar-refractivity contribution in [2.24, 2.45) is 5.41 Å². The maximum atomic E-state index is 12.0. The van der Waals surface area contributed by atoms with Crippen molar-refractivity contribution in [1.82, 2.24) is 10.6 Å². The second-order valence-corrected chi connectivity index (χ2v) is 5.84. The summed E-state index contributed by atoms with van der Waals surface area (Å²) in [7, 11) is 0. The van der Waals surface area contributed by atoms with E-state index in [0.29, 0.717) is 19.3 Å². The number of rotatable bonds is 5. The number of carbonyl (C=O) groups excluding carboxylic acids is 1. The molecule has 0 aromatic carbocycles. The van der Waals surface area contributed by atoms with Crippen molar-refractivity contribution in [3.05, 3.63) is 0 Å². The van der Waals surface area contributed by atoms with Gasteiger partial charge in [-0.3, -0.25) is 4.79 Å². The van der Waals surface area contributed by atoms with E-state index in [1.54, 1.807) is 0 Å². The molecule has 1 saturated heterocycles. The first kappa shape index (κ1) is 13.8. The van der Waals surface area contributed by atoms with Crippen molar-refractivity contribution in [2.45, 2.75) is 51.6 Å². The molecule has 1 saturated carbocycles. The summed E-state index contributed by atoms with van der Waals surface area (Å²) in [5.74, 6) is 0.217. The lowest BCUT2D eigenvalue weighted by Crippen LogP contribution is -2.39. The normalized spacial score (nSPS) is 24.1. The van der Waals surface area contributed by atoms with E-state index in [4.69, 9.17) is 4.74 Å². The van der Waals surface area contributed by atoms with Gasteiger partial charge in [-0.2, -0.15) is 0 Å². The zero-order valence-electron chi connectivity index (χ0n) is 11.5. The molecule has 2 N–H and O–H groups in total. The van der Waals surface area contributed by atoms with E-state index in [9.17, 15) is 4.79 Å². The van der Waals surface area contributed by atoms with E-state index in [-0.39, 0.29) is 11.3 Å². The highest BCUT2D eigenvalue weighted by Gasteiger charge is 2.35. The van der Waals surface area contributed by atoms with Gasteiger partial charge in [0.05, 0.1) is 12.7 Å². The highest BCUT2D eigenvalue weighted by molar-refractivity contribution is 5.82. The van der Waals surface area contributed by atoms with Crippen LogP contribution in [0, 0.1) is 5.41 Å². The minimum absolute atomic E-state index is 0.116. The van der Waals surface area contributed by atoms with E-state index in [0.717, 1.165) is 38.8 Å². The predicted molar refractivity (Wildman–Crippen MR) is 71.4 cm³/mol. The summed E-state index contributed by atoms with van der Waals surface area (Å²) in [6, 6.07) is 0. The van der Waals surface area contributed by atoms with Gasteiger partial charge in [0.1, 0.15) is 0 Å². The van der Waals surface area contributed by atoms with E-state index in [1.807, 2.05) is 0 Å². The molecule has 4 nitrogen and oxygen atoms in total. The van der Waals surface area contributed by atoms with Crippen LogP contribution < -0.4 is 10.6 Å². The van der Waals surface area contributed by atoms with Gasteiger partial charge >= 0.3 is 0 Å². The van der Waals surface area contributed by atoms with Gasteiger partial charge < -0.3 is 15.4 Å². The molecule has 1 heterocycles. The second-order valence-electron chi connectivity index (χ2n) is 5.84. The Kier molecular flexibility index (Phi) is 5.01. The molecular formula is C14H26N2O2. The molecule has 2 fully saturated rings. The number of nitrogens with one attached hydrogen (secondary N) is 2. The monoisotopic (exact) mass is 254 g/mol. The smallest absolute Gasteiger partial charge is 0.226 e. The minimum atomic E-state index is -0.116. The summed E-state index contributed by atoms with van der Waals surface area (Å²) >= 11 is 0. The molecule has 0 spiro atoms. The van der Waals surface area contributed by atoms with Gasteiger partial charge in [0.15, 0.2) is 0 Å². The zero-order chi connectivity index (χ0) is 12.8. The molecular weight excluding hydrogens is 228 g/mol. The van der Waals surface area contributed by atoms with Crippen molar-refractivity contribution in [2.75, 3.05) is 26.2 Å². The Balaban J connectivity index is 1.58. The third-order valence-corrected chi connectivity index (χ3v) is 4.28. The average Bonchev–Trinajstić information content (AvgIpc) is 2.84. The molecule has 0 aromatic heterocycles. The number of piperidine rings is 1. The van der Waals surface area contributed by atoms with Crippen LogP contribution in [0.15, 0.2) is 0 Å². The topological polar surface area (TPSA) is 50.4 Å². The highest BCUT2D eigenvalue weighted by atomic mass is 16.5. The van der Waals surface area contributed by atoms with E-state index in [2.05, 4.69) is 17.6 Å². The molecule has 1 aliphatic heterocycles.